The van der Waals surface area contributed by atoms with E-state index in [1.165, 1.54) is 4.90 Å². The zero-order valence-electron chi connectivity index (χ0n) is 11.6. The molecule has 1 aliphatic heterocycles. The van der Waals surface area contributed by atoms with Crippen LogP contribution in [-0.4, -0.2) is 41.5 Å². The van der Waals surface area contributed by atoms with Gasteiger partial charge in [-0.05, 0) is 33.6 Å². The number of rotatable bonds is 2. The Hall–Kier alpha value is -1.10. The van der Waals surface area contributed by atoms with Crippen molar-refractivity contribution in [2.24, 2.45) is 5.73 Å². The van der Waals surface area contributed by atoms with Gasteiger partial charge < -0.3 is 15.4 Å². The van der Waals surface area contributed by atoms with Crippen LogP contribution in [0.2, 0.25) is 0 Å². The summed E-state index contributed by atoms with van der Waals surface area (Å²) in [4.78, 5) is 25.2. The van der Waals surface area contributed by atoms with Crippen LogP contribution in [0.5, 0.6) is 0 Å². The fraction of sp³-hybridized carbons (Fsp3) is 0.846. The van der Waals surface area contributed by atoms with Crippen LogP contribution < -0.4 is 5.73 Å². The third-order valence-corrected chi connectivity index (χ3v) is 2.81. The van der Waals surface area contributed by atoms with E-state index in [4.69, 9.17) is 10.5 Å². The molecule has 0 saturated carbocycles. The molecule has 5 nitrogen and oxygen atoms in total. The maximum Gasteiger partial charge on any atom is 0.326 e. The maximum atomic E-state index is 12.0. The van der Waals surface area contributed by atoms with Crippen molar-refractivity contribution in [1.82, 2.24) is 4.90 Å². The van der Waals surface area contributed by atoms with E-state index < -0.39 is 11.6 Å². The number of hydrogen-bond acceptors (Lipinski definition) is 4. The highest BCUT2D eigenvalue weighted by molar-refractivity contribution is 5.85. The Morgan fingerprint density at radius 2 is 2.06 bits per heavy atom. The van der Waals surface area contributed by atoms with Gasteiger partial charge >= 0.3 is 5.97 Å². The lowest BCUT2D eigenvalue weighted by Gasteiger charge is -2.28. The summed E-state index contributed by atoms with van der Waals surface area (Å²) in [6, 6.07) is -0.479. The zero-order chi connectivity index (χ0) is 13.8. The van der Waals surface area contributed by atoms with Gasteiger partial charge in [-0.1, -0.05) is 12.8 Å². The van der Waals surface area contributed by atoms with E-state index in [2.05, 4.69) is 0 Å². The van der Waals surface area contributed by atoms with Crippen LogP contribution in [0.1, 0.15) is 46.5 Å². The first kappa shape index (κ1) is 15.0. The minimum Gasteiger partial charge on any atom is -0.459 e. The van der Waals surface area contributed by atoms with E-state index in [-0.39, 0.29) is 18.4 Å². The lowest BCUT2D eigenvalue weighted by atomic mass is 10.0. The molecular formula is C13H24N2O3. The molecule has 0 unspecified atom stereocenters. The topological polar surface area (TPSA) is 72.6 Å². The predicted octanol–water partition coefficient (Wildman–Crippen LogP) is 1.06. The largest absolute Gasteiger partial charge is 0.459 e. The van der Waals surface area contributed by atoms with Crippen LogP contribution in [0.3, 0.4) is 0 Å². The molecule has 5 heteroatoms. The van der Waals surface area contributed by atoms with Crippen LogP contribution in [0.25, 0.3) is 0 Å². The first-order chi connectivity index (χ1) is 8.29. The summed E-state index contributed by atoms with van der Waals surface area (Å²) in [5.41, 5.74) is 5.27. The van der Waals surface area contributed by atoms with E-state index in [1.54, 1.807) is 0 Å². The molecular weight excluding hydrogens is 232 g/mol. The van der Waals surface area contributed by atoms with E-state index >= 15 is 0 Å². The number of amides is 1. The fourth-order valence-electron chi connectivity index (χ4n) is 2.00. The van der Waals surface area contributed by atoms with Gasteiger partial charge in [0.15, 0.2) is 0 Å². The van der Waals surface area contributed by atoms with Crippen molar-refractivity contribution in [3.63, 3.8) is 0 Å². The third kappa shape index (κ3) is 5.04. The highest BCUT2D eigenvalue weighted by Gasteiger charge is 2.26. The Balaban J connectivity index is 2.56. The number of hydrogen-bond donors (Lipinski definition) is 1. The molecule has 0 aromatic heterocycles. The Morgan fingerprint density at radius 1 is 1.39 bits per heavy atom. The monoisotopic (exact) mass is 256 g/mol. The summed E-state index contributed by atoms with van der Waals surface area (Å²) in [5.74, 6) is -0.510. The smallest absolute Gasteiger partial charge is 0.326 e. The Labute approximate surface area is 109 Å². The minimum atomic E-state index is -0.523. The first-order valence-electron chi connectivity index (χ1n) is 6.56. The second kappa shape index (κ2) is 6.18. The zero-order valence-corrected chi connectivity index (χ0v) is 11.6. The average Bonchev–Trinajstić information content (AvgIpc) is 2.21. The molecule has 1 fully saturated rings. The van der Waals surface area contributed by atoms with Gasteiger partial charge in [-0.25, -0.2) is 0 Å². The Bertz CT molecular complexity index is 310. The van der Waals surface area contributed by atoms with E-state index in [1.807, 2.05) is 20.8 Å². The van der Waals surface area contributed by atoms with E-state index in [0.717, 1.165) is 19.3 Å². The molecule has 2 N–H and O–H groups in total. The van der Waals surface area contributed by atoms with Crippen LogP contribution in [0.15, 0.2) is 0 Å². The normalized spacial score (nSPS) is 22.3. The summed E-state index contributed by atoms with van der Waals surface area (Å²) >= 11 is 0. The van der Waals surface area contributed by atoms with Crippen LogP contribution in [0, 0.1) is 0 Å². The van der Waals surface area contributed by atoms with Gasteiger partial charge in [0.05, 0.1) is 6.04 Å². The number of esters is 1. The van der Waals surface area contributed by atoms with E-state index in [9.17, 15) is 9.59 Å². The van der Waals surface area contributed by atoms with Gasteiger partial charge in [0.2, 0.25) is 5.91 Å². The lowest BCUT2D eigenvalue weighted by molar-refractivity contribution is -0.159. The second-order valence-electron chi connectivity index (χ2n) is 5.80. The van der Waals surface area contributed by atoms with Crippen molar-refractivity contribution in [2.75, 3.05) is 13.1 Å². The van der Waals surface area contributed by atoms with Gasteiger partial charge in [0, 0.05) is 6.54 Å². The fourth-order valence-corrected chi connectivity index (χ4v) is 2.00. The van der Waals surface area contributed by atoms with Crippen LogP contribution in [0.4, 0.5) is 0 Å². The van der Waals surface area contributed by atoms with Gasteiger partial charge in [-0.15, -0.1) is 0 Å². The van der Waals surface area contributed by atoms with Crippen molar-refractivity contribution >= 4 is 11.9 Å². The minimum absolute atomic E-state index is 0.00377. The second-order valence-corrected chi connectivity index (χ2v) is 5.80. The van der Waals surface area contributed by atoms with Gasteiger partial charge in [-0.2, -0.15) is 0 Å². The summed E-state index contributed by atoms with van der Waals surface area (Å²) in [5, 5.41) is 0. The summed E-state index contributed by atoms with van der Waals surface area (Å²) in [6.07, 6.45) is 3.64. The van der Waals surface area contributed by atoms with Crippen molar-refractivity contribution in [2.45, 2.75) is 58.1 Å². The number of carbonyl (C=O) groups excluding carboxylic acids is 2. The molecule has 18 heavy (non-hydrogen) atoms. The molecule has 1 saturated heterocycles. The molecule has 1 heterocycles. The van der Waals surface area contributed by atoms with Crippen molar-refractivity contribution in [1.29, 1.82) is 0 Å². The Morgan fingerprint density at radius 3 is 2.67 bits per heavy atom. The van der Waals surface area contributed by atoms with E-state index in [0.29, 0.717) is 13.0 Å². The molecule has 0 aromatic carbocycles. The van der Waals surface area contributed by atoms with Crippen molar-refractivity contribution < 1.29 is 14.3 Å². The first-order valence-corrected chi connectivity index (χ1v) is 6.56. The average molecular weight is 256 g/mol. The Kier molecular flexibility index (Phi) is 5.14. The molecule has 1 rings (SSSR count). The SMILES string of the molecule is CC(C)(C)OC(=O)CN1CCCCC[C@H](N)C1=O. The van der Waals surface area contributed by atoms with Crippen molar-refractivity contribution in [3.8, 4) is 0 Å². The molecule has 1 aliphatic rings. The predicted molar refractivity (Wildman–Crippen MR) is 68.9 cm³/mol. The molecule has 1 amide bonds. The number of nitrogens with zero attached hydrogens (tertiary/aromatic N) is 1. The standard InChI is InChI=1S/C13H24N2O3/c1-13(2,3)18-11(16)9-15-8-6-4-5-7-10(14)12(15)17/h10H,4-9,14H2,1-3H3/t10-/m0/s1. The molecule has 104 valence electrons. The molecule has 0 aliphatic carbocycles. The summed E-state index contributed by atoms with van der Waals surface area (Å²) < 4.78 is 5.22. The van der Waals surface area contributed by atoms with Gasteiger partial charge in [0.1, 0.15) is 12.1 Å². The quantitative estimate of drug-likeness (QED) is 0.750. The third-order valence-electron chi connectivity index (χ3n) is 2.81. The molecule has 0 aromatic rings. The highest BCUT2D eigenvalue weighted by Crippen LogP contribution is 2.12. The molecule has 0 spiro atoms. The molecule has 0 radical (unpaired) electrons. The maximum absolute atomic E-state index is 12.0. The number of likely N-dealkylation sites (tertiary alicyclic amines) is 1. The van der Waals surface area contributed by atoms with Crippen LogP contribution in [-0.2, 0) is 14.3 Å². The van der Waals surface area contributed by atoms with Gasteiger partial charge in [0.25, 0.3) is 0 Å². The molecule has 0 bridgehead atoms. The lowest BCUT2D eigenvalue weighted by Crippen LogP contribution is -2.48. The summed E-state index contributed by atoms with van der Waals surface area (Å²) in [7, 11) is 0. The number of nitrogens with two attached hydrogens (primary N) is 1. The van der Waals surface area contributed by atoms with Gasteiger partial charge in [-0.3, -0.25) is 9.59 Å². The van der Waals surface area contributed by atoms with Crippen LogP contribution >= 0.6 is 0 Å². The summed E-state index contributed by atoms with van der Waals surface area (Å²) in [6.45, 7) is 6.03. The molecule has 1 atom stereocenters. The van der Waals surface area contributed by atoms with Crippen molar-refractivity contribution in [3.05, 3.63) is 0 Å². The number of carbonyl (C=O) groups is 2. The number of ether oxygens (including phenoxy) is 1. The highest BCUT2D eigenvalue weighted by atomic mass is 16.6.